The number of thioether (sulfide) groups is 1. The maximum Gasteiger partial charge on any atom is 0.333 e. The van der Waals surface area contributed by atoms with Gasteiger partial charge in [0.25, 0.3) is 0 Å². The molecule has 0 saturated carbocycles. The second-order valence-corrected chi connectivity index (χ2v) is 10.1. The summed E-state index contributed by atoms with van der Waals surface area (Å²) in [6.07, 6.45) is 0.262. The minimum Gasteiger partial charge on any atom is -0.497 e. The number of amides is 2. The molecule has 0 fully saturated rings. The number of anilines is 1. The highest BCUT2D eigenvalue weighted by Gasteiger charge is 2.18. The van der Waals surface area contributed by atoms with Crippen LogP contribution in [0.2, 0.25) is 0 Å². The molecule has 1 atom stereocenters. The molecule has 0 bridgehead atoms. The lowest BCUT2D eigenvalue weighted by Gasteiger charge is -2.23. The van der Waals surface area contributed by atoms with Crippen molar-refractivity contribution in [1.29, 1.82) is 0 Å². The van der Waals surface area contributed by atoms with Crippen LogP contribution in [0.15, 0.2) is 78.9 Å². The monoisotopic (exact) mass is 566 g/mol. The highest BCUT2D eigenvalue weighted by atomic mass is 32.2. The number of carbonyl (C=O) groups is 2. The fourth-order valence-electron chi connectivity index (χ4n) is 3.94. The number of nitrogens with one attached hydrogen (secondary N) is 1. The van der Waals surface area contributed by atoms with Gasteiger partial charge in [0.2, 0.25) is 0 Å². The zero-order valence-electron chi connectivity index (χ0n) is 23.1. The first-order valence-electron chi connectivity index (χ1n) is 13.4. The molecule has 2 N–H and O–H groups in total. The molecule has 1 unspecified atom stereocenters. The van der Waals surface area contributed by atoms with E-state index in [-0.39, 0.29) is 12.5 Å². The molecule has 9 heteroatoms. The Kier molecular flexibility index (Phi) is 13.2. The number of aliphatic carboxylic acids is 1. The van der Waals surface area contributed by atoms with Crippen LogP contribution in [0.5, 0.6) is 11.5 Å². The lowest BCUT2D eigenvalue weighted by Crippen LogP contribution is -2.38. The average Bonchev–Trinajstić information content (AvgIpc) is 2.97. The van der Waals surface area contributed by atoms with Crippen LogP contribution in [0.3, 0.4) is 0 Å². The third-order valence-corrected chi connectivity index (χ3v) is 7.19. The summed E-state index contributed by atoms with van der Waals surface area (Å²) in [5.74, 6) is 2.27. The lowest BCUT2D eigenvalue weighted by atomic mass is 10.1. The summed E-state index contributed by atoms with van der Waals surface area (Å²) in [6.45, 7) is 3.45. The lowest BCUT2D eigenvalue weighted by molar-refractivity contribution is -0.149. The number of methoxy groups -OCH3 is 1. The van der Waals surface area contributed by atoms with Gasteiger partial charge in [-0.15, -0.1) is 0 Å². The van der Waals surface area contributed by atoms with Crippen LogP contribution in [-0.4, -0.2) is 67.3 Å². The Hall–Kier alpha value is -3.69. The van der Waals surface area contributed by atoms with E-state index in [9.17, 15) is 14.7 Å². The molecule has 0 aliphatic heterocycles. The molecule has 0 aliphatic rings. The Balaban J connectivity index is 1.52. The molecule has 3 aromatic rings. The number of urea groups is 1. The van der Waals surface area contributed by atoms with E-state index in [1.807, 2.05) is 66.4 Å². The minimum absolute atomic E-state index is 0.187. The van der Waals surface area contributed by atoms with Crippen molar-refractivity contribution in [2.24, 2.45) is 0 Å². The van der Waals surface area contributed by atoms with Crippen LogP contribution in [-0.2, 0) is 21.7 Å². The third-order valence-electron chi connectivity index (χ3n) is 6.07. The van der Waals surface area contributed by atoms with Crippen LogP contribution in [0.25, 0.3) is 0 Å². The maximum absolute atomic E-state index is 13.1. The first kappa shape index (κ1) is 30.8. The van der Waals surface area contributed by atoms with Crippen molar-refractivity contribution in [2.75, 3.05) is 44.5 Å². The van der Waals surface area contributed by atoms with Gasteiger partial charge in [0.05, 0.1) is 13.7 Å². The van der Waals surface area contributed by atoms with Crippen molar-refractivity contribution in [3.8, 4) is 11.5 Å². The number of carbonyl (C=O) groups excluding carboxylic acids is 1. The number of rotatable bonds is 17. The molecular weight excluding hydrogens is 528 g/mol. The van der Waals surface area contributed by atoms with Crippen LogP contribution < -0.4 is 14.8 Å². The zero-order chi connectivity index (χ0) is 28.6. The number of hydrogen-bond acceptors (Lipinski definition) is 6. The second kappa shape index (κ2) is 17.1. The van der Waals surface area contributed by atoms with Gasteiger partial charge in [-0.05, 0) is 66.6 Å². The molecule has 0 radical (unpaired) electrons. The molecular formula is C31H38N2O6S. The third kappa shape index (κ3) is 10.8. The van der Waals surface area contributed by atoms with Gasteiger partial charge in [-0.1, -0.05) is 42.5 Å². The molecule has 3 rings (SSSR count). The summed E-state index contributed by atoms with van der Waals surface area (Å²) in [5, 5.41) is 12.3. The number of carboxylic acid groups (broad SMARTS) is 1. The predicted octanol–water partition coefficient (Wildman–Crippen LogP) is 5.96. The van der Waals surface area contributed by atoms with Gasteiger partial charge >= 0.3 is 12.0 Å². The topological polar surface area (TPSA) is 97.3 Å². The van der Waals surface area contributed by atoms with Gasteiger partial charge in [-0.3, -0.25) is 0 Å². The van der Waals surface area contributed by atoms with E-state index in [2.05, 4.69) is 17.4 Å². The number of nitrogens with zero attached hydrogens (tertiary/aromatic N) is 1. The van der Waals surface area contributed by atoms with Gasteiger partial charge < -0.3 is 29.5 Å². The molecule has 214 valence electrons. The Morgan fingerprint density at radius 3 is 2.27 bits per heavy atom. The molecule has 0 aromatic heterocycles. The Labute approximate surface area is 240 Å². The minimum atomic E-state index is -0.978. The zero-order valence-corrected chi connectivity index (χ0v) is 23.9. The summed E-state index contributed by atoms with van der Waals surface area (Å²) in [7, 11) is 1.60. The van der Waals surface area contributed by atoms with Crippen molar-refractivity contribution in [1.82, 2.24) is 4.90 Å². The van der Waals surface area contributed by atoms with E-state index >= 15 is 0 Å². The van der Waals surface area contributed by atoms with Crippen molar-refractivity contribution in [3.63, 3.8) is 0 Å². The van der Waals surface area contributed by atoms with Crippen molar-refractivity contribution < 1.29 is 28.9 Å². The van der Waals surface area contributed by atoms with E-state index in [1.165, 1.54) is 5.56 Å². The SMILES string of the molecule is CCOC(Cc1ccc(OCCN(CCCSCc2ccccc2)C(=O)Nc2ccc(OC)cc2)cc1)C(=O)O. The van der Waals surface area contributed by atoms with Gasteiger partial charge in [0.15, 0.2) is 6.10 Å². The quantitative estimate of drug-likeness (QED) is 0.195. The van der Waals surface area contributed by atoms with Crippen LogP contribution in [0.1, 0.15) is 24.5 Å². The van der Waals surface area contributed by atoms with Crippen molar-refractivity contribution in [2.45, 2.75) is 31.6 Å². The second-order valence-electron chi connectivity index (χ2n) is 9.02. The van der Waals surface area contributed by atoms with Crippen molar-refractivity contribution >= 4 is 29.4 Å². The summed E-state index contributed by atoms with van der Waals surface area (Å²) < 4.78 is 16.4. The van der Waals surface area contributed by atoms with E-state index in [1.54, 1.807) is 31.1 Å². The molecule has 40 heavy (non-hydrogen) atoms. The highest BCUT2D eigenvalue weighted by Crippen LogP contribution is 2.18. The summed E-state index contributed by atoms with van der Waals surface area (Å²) in [4.78, 5) is 26.2. The highest BCUT2D eigenvalue weighted by molar-refractivity contribution is 7.98. The smallest absolute Gasteiger partial charge is 0.333 e. The predicted molar refractivity (Wildman–Crippen MR) is 159 cm³/mol. The number of hydrogen-bond donors (Lipinski definition) is 2. The molecule has 3 aromatic carbocycles. The fraction of sp³-hybridized carbons (Fsp3) is 0.355. The van der Waals surface area contributed by atoms with E-state index in [0.717, 1.165) is 29.2 Å². The van der Waals surface area contributed by atoms with Crippen LogP contribution in [0.4, 0.5) is 10.5 Å². The Morgan fingerprint density at radius 1 is 0.925 bits per heavy atom. The average molecular weight is 567 g/mol. The molecule has 0 aliphatic carbocycles. The standard InChI is InChI=1S/C31H38N2O6S/c1-3-38-29(30(34)35)22-24-10-14-28(15-11-24)39-20-19-33(18-7-21-40-23-25-8-5-4-6-9-25)31(36)32-26-12-16-27(37-2)17-13-26/h4-6,8-17,29H,3,7,18-23H2,1-2H3,(H,32,36)(H,34,35). The van der Waals surface area contributed by atoms with E-state index < -0.39 is 12.1 Å². The van der Waals surface area contributed by atoms with Gasteiger partial charge in [0, 0.05) is 31.0 Å². The van der Waals surface area contributed by atoms with E-state index in [0.29, 0.717) is 37.7 Å². The first-order valence-corrected chi connectivity index (χ1v) is 14.5. The summed E-state index contributed by atoms with van der Waals surface area (Å²) in [6, 6.07) is 24.7. The first-order chi connectivity index (χ1) is 19.5. The number of carboxylic acids is 1. The molecule has 0 saturated heterocycles. The van der Waals surface area contributed by atoms with Crippen molar-refractivity contribution in [3.05, 3.63) is 90.0 Å². The number of ether oxygens (including phenoxy) is 3. The molecule has 2 amide bonds. The Morgan fingerprint density at radius 2 is 1.62 bits per heavy atom. The number of benzene rings is 3. The van der Waals surface area contributed by atoms with Gasteiger partial charge in [0.1, 0.15) is 18.1 Å². The largest absolute Gasteiger partial charge is 0.497 e. The maximum atomic E-state index is 13.1. The molecule has 0 spiro atoms. The fourth-order valence-corrected chi connectivity index (χ4v) is 4.85. The van der Waals surface area contributed by atoms with Gasteiger partial charge in [-0.2, -0.15) is 11.8 Å². The van der Waals surface area contributed by atoms with Crippen LogP contribution in [0, 0.1) is 0 Å². The molecule has 8 nitrogen and oxygen atoms in total. The van der Waals surface area contributed by atoms with Gasteiger partial charge in [-0.25, -0.2) is 9.59 Å². The normalized spacial score (nSPS) is 11.4. The molecule has 0 heterocycles. The summed E-state index contributed by atoms with van der Waals surface area (Å²) in [5.41, 5.74) is 2.83. The van der Waals surface area contributed by atoms with Crippen LogP contribution >= 0.6 is 11.8 Å². The summed E-state index contributed by atoms with van der Waals surface area (Å²) >= 11 is 1.85. The Bertz CT molecular complexity index is 1160. The van der Waals surface area contributed by atoms with E-state index in [4.69, 9.17) is 14.2 Å².